The van der Waals surface area contributed by atoms with Gasteiger partial charge in [0.25, 0.3) is 5.56 Å². The van der Waals surface area contributed by atoms with Crippen molar-refractivity contribution in [1.29, 1.82) is 0 Å². The van der Waals surface area contributed by atoms with Crippen LogP contribution in [0.1, 0.15) is 24.5 Å². The molecule has 1 unspecified atom stereocenters. The van der Waals surface area contributed by atoms with E-state index in [9.17, 15) is 14.7 Å². The number of aliphatic hydroxyl groups excluding tert-OH is 1. The number of fused-ring (bicyclic) bond motifs is 2. The first-order valence-electron chi connectivity index (χ1n) is 9.72. The van der Waals surface area contributed by atoms with Gasteiger partial charge in [-0.3, -0.25) is 9.36 Å². The number of nitrogens with zero attached hydrogens (tertiary/aromatic N) is 6. The second-order valence-electron chi connectivity index (χ2n) is 7.23. The molecule has 0 radical (unpaired) electrons. The summed E-state index contributed by atoms with van der Waals surface area (Å²) in [5.41, 5.74) is 2.41. The predicted molar refractivity (Wildman–Crippen MR) is 111 cm³/mol. The summed E-state index contributed by atoms with van der Waals surface area (Å²) in [7, 11) is 0. The van der Waals surface area contributed by atoms with Crippen LogP contribution >= 0.6 is 0 Å². The molecular weight excluding hydrogens is 402 g/mol. The van der Waals surface area contributed by atoms with Crippen LogP contribution in [0.15, 0.2) is 57.1 Å². The fraction of sp³-hybridized carbons (Fsp3) is 0.250. The minimum atomic E-state index is -0.683. The van der Waals surface area contributed by atoms with E-state index in [4.69, 9.17) is 4.42 Å². The Hall–Kier alpha value is -3.99. The quantitative estimate of drug-likeness (QED) is 0.415. The molecule has 11 nitrogen and oxygen atoms in total. The Morgan fingerprint density at radius 1 is 1.16 bits per heavy atom. The number of H-pyrrole nitrogens is 1. The first kappa shape index (κ1) is 19.0. The zero-order chi connectivity index (χ0) is 21.5. The van der Waals surface area contributed by atoms with Gasteiger partial charge in [-0.25, -0.2) is 19.9 Å². The third kappa shape index (κ3) is 3.24. The lowest BCUT2D eigenvalue weighted by Crippen LogP contribution is -2.25. The lowest BCUT2D eigenvalue weighted by Gasteiger charge is -2.18. The molecule has 5 rings (SSSR count). The van der Waals surface area contributed by atoms with Crippen LogP contribution in [0.3, 0.4) is 0 Å². The van der Waals surface area contributed by atoms with Crippen LogP contribution in [0.2, 0.25) is 0 Å². The van der Waals surface area contributed by atoms with E-state index in [1.807, 2.05) is 42.0 Å². The van der Waals surface area contributed by atoms with Crippen LogP contribution < -0.4 is 11.3 Å². The molecular formula is C20H19N7O4. The highest BCUT2D eigenvalue weighted by atomic mass is 16.4. The number of hydrogen-bond donors (Lipinski definition) is 2. The van der Waals surface area contributed by atoms with E-state index >= 15 is 0 Å². The lowest BCUT2D eigenvalue weighted by molar-refractivity contribution is 0.299. The Labute approximate surface area is 174 Å². The molecule has 5 aromatic rings. The van der Waals surface area contributed by atoms with Gasteiger partial charge in [-0.2, -0.15) is 0 Å². The number of aliphatic hydroxyl groups is 1. The van der Waals surface area contributed by atoms with Crippen LogP contribution in [-0.2, 0) is 13.0 Å². The number of aromatic amines is 1. The zero-order valence-electron chi connectivity index (χ0n) is 16.6. The average Bonchev–Trinajstić information content (AvgIpc) is 3.48. The number of hydrogen-bond acceptors (Lipinski definition) is 7. The first-order chi connectivity index (χ1) is 15.0. The fourth-order valence-electron chi connectivity index (χ4n) is 3.79. The maximum absolute atomic E-state index is 13.1. The second-order valence-corrected chi connectivity index (χ2v) is 7.23. The summed E-state index contributed by atoms with van der Waals surface area (Å²) < 4.78 is 10.0. The number of nitrogens with one attached hydrogen (secondary N) is 1. The Morgan fingerprint density at radius 3 is 2.77 bits per heavy atom. The Balaban J connectivity index is 1.57. The minimum Gasteiger partial charge on any atom is -0.396 e. The monoisotopic (exact) mass is 421 g/mol. The van der Waals surface area contributed by atoms with Crippen LogP contribution in [0.25, 0.3) is 22.1 Å². The summed E-state index contributed by atoms with van der Waals surface area (Å²) in [5, 5.41) is 16.1. The highest BCUT2D eigenvalue weighted by Gasteiger charge is 2.18. The molecule has 158 valence electrons. The smallest absolute Gasteiger partial charge is 0.396 e. The largest absolute Gasteiger partial charge is 0.434 e. The maximum atomic E-state index is 13.1. The van der Waals surface area contributed by atoms with Crippen LogP contribution in [0, 0.1) is 0 Å². The molecule has 0 aliphatic heterocycles. The van der Waals surface area contributed by atoms with E-state index in [0.717, 1.165) is 16.5 Å². The Kier molecular flexibility index (Phi) is 4.51. The van der Waals surface area contributed by atoms with E-state index < -0.39 is 5.76 Å². The van der Waals surface area contributed by atoms with Gasteiger partial charge in [0.2, 0.25) is 5.89 Å². The molecule has 4 aromatic heterocycles. The molecule has 1 atom stereocenters. The summed E-state index contributed by atoms with van der Waals surface area (Å²) in [5.74, 6) is -0.597. The molecule has 31 heavy (non-hydrogen) atoms. The number of rotatable bonds is 6. The number of aromatic nitrogens is 7. The molecule has 0 saturated carbocycles. The molecule has 0 saturated heterocycles. The molecule has 0 aliphatic rings. The van der Waals surface area contributed by atoms with Crippen LogP contribution in [-0.4, -0.2) is 45.6 Å². The van der Waals surface area contributed by atoms with E-state index in [-0.39, 0.29) is 30.8 Å². The highest BCUT2D eigenvalue weighted by Crippen LogP contribution is 2.24. The molecule has 0 aliphatic carbocycles. The normalized spacial score (nSPS) is 12.7. The number of benzene rings is 1. The second kappa shape index (κ2) is 7.36. The molecule has 0 amide bonds. The van der Waals surface area contributed by atoms with Crippen molar-refractivity contribution >= 4 is 22.1 Å². The average molecular weight is 421 g/mol. The number of imidazole rings is 1. The van der Waals surface area contributed by atoms with Crippen molar-refractivity contribution in [2.75, 3.05) is 6.61 Å². The van der Waals surface area contributed by atoms with Gasteiger partial charge in [-0.15, -0.1) is 5.10 Å². The van der Waals surface area contributed by atoms with Gasteiger partial charge in [-0.1, -0.05) is 6.07 Å². The molecule has 0 fully saturated rings. The molecule has 1 aromatic carbocycles. The topological polar surface area (TPSA) is 137 Å². The third-order valence-electron chi connectivity index (χ3n) is 5.34. The van der Waals surface area contributed by atoms with Gasteiger partial charge < -0.3 is 18.7 Å². The summed E-state index contributed by atoms with van der Waals surface area (Å²) in [6, 6.07) is 8.04. The molecule has 0 bridgehead atoms. The Bertz CT molecular complexity index is 1500. The van der Waals surface area contributed by atoms with Crippen molar-refractivity contribution < 1.29 is 9.52 Å². The molecule has 2 N–H and O–H groups in total. The Morgan fingerprint density at radius 2 is 2.00 bits per heavy atom. The van der Waals surface area contributed by atoms with E-state index in [2.05, 4.69) is 20.2 Å². The highest BCUT2D eigenvalue weighted by molar-refractivity contribution is 5.81. The van der Waals surface area contributed by atoms with Gasteiger partial charge in [0.05, 0.1) is 6.33 Å². The molecule has 0 spiro atoms. The third-order valence-corrected chi connectivity index (χ3v) is 5.34. The standard InChI is InChI=1S/C20H19N7O4/c1-12(26-6-4-14-8-13(5-7-28)2-3-15(14)26)27-11-22-18-17(27)19(29)25(10-21-18)9-16-23-24-20(30)31-16/h2-4,6,8,10-12,28H,5,7,9H2,1H3,(H,24,30). The predicted octanol–water partition coefficient (Wildman–Crippen LogP) is 0.874. The fourth-order valence-corrected chi connectivity index (χ4v) is 3.79. The maximum Gasteiger partial charge on any atom is 0.434 e. The van der Waals surface area contributed by atoms with Gasteiger partial charge in [0.1, 0.15) is 19.0 Å². The first-order valence-corrected chi connectivity index (χ1v) is 9.72. The van der Waals surface area contributed by atoms with E-state index in [1.165, 1.54) is 10.9 Å². The minimum absolute atomic E-state index is 0.0276. The van der Waals surface area contributed by atoms with Crippen molar-refractivity contribution in [2.24, 2.45) is 0 Å². The van der Waals surface area contributed by atoms with Crippen LogP contribution in [0.5, 0.6) is 0 Å². The summed E-state index contributed by atoms with van der Waals surface area (Å²) in [6.07, 6.45) is 5.25. The van der Waals surface area contributed by atoms with Gasteiger partial charge >= 0.3 is 5.76 Å². The van der Waals surface area contributed by atoms with Crippen molar-refractivity contribution in [3.63, 3.8) is 0 Å². The van der Waals surface area contributed by atoms with E-state index in [0.29, 0.717) is 17.6 Å². The summed E-state index contributed by atoms with van der Waals surface area (Å²) in [6.45, 7) is 2.04. The van der Waals surface area contributed by atoms with Gasteiger partial charge in [0.15, 0.2) is 11.2 Å². The van der Waals surface area contributed by atoms with Crippen molar-refractivity contribution in [3.05, 3.63) is 75.5 Å². The lowest BCUT2D eigenvalue weighted by atomic mass is 10.1. The SMILES string of the molecule is CC(n1ccc2cc(CCO)ccc21)n1cnc2ncn(Cc3n[nH]c(=O)o3)c(=O)c21. The van der Waals surface area contributed by atoms with Crippen LogP contribution in [0.4, 0.5) is 0 Å². The summed E-state index contributed by atoms with van der Waals surface area (Å²) in [4.78, 5) is 32.9. The summed E-state index contributed by atoms with van der Waals surface area (Å²) >= 11 is 0. The van der Waals surface area contributed by atoms with Crippen molar-refractivity contribution in [3.8, 4) is 0 Å². The molecule has 11 heteroatoms. The van der Waals surface area contributed by atoms with Crippen molar-refractivity contribution in [1.82, 2.24) is 33.9 Å². The van der Waals surface area contributed by atoms with Gasteiger partial charge in [0, 0.05) is 18.3 Å². The molecule has 4 heterocycles. The van der Waals surface area contributed by atoms with E-state index in [1.54, 1.807) is 10.9 Å². The van der Waals surface area contributed by atoms with Gasteiger partial charge in [-0.05, 0) is 42.5 Å². The van der Waals surface area contributed by atoms with Crippen molar-refractivity contribution in [2.45, 2.75) is 26.1 Å². The zero-order valence-corrected chi connectivity index (χ0v) is 16.6.